The molecule has 0 fully saturated rings. The number of carbonyl (C=O) groups excluding carboxylic acids is 1. The first-order valence-corrected chi connectivity index (χ1v) is 9.59. The Morgan fingerprint density at radius 1 is 1.24 bits per heavy atom. The molecule has 7 nitrogen and oxygen atoms in total. The van der Waals surface area contributed by atoms with Gasteiger partial charge in [-0.3, -0.25) is 10.1 Å². The number of anilines is 1. The summed E-state index contributed by atoms with van der Waals surface area (Å²) in [5, 5.41) is 21.3. The molecule has 0 aliphatic carbocycles. The monoisotopic (exact) mass is 374 g/mol. The Kier molecular flexibility index (Phi) is 5.44. The summed E-state index contributed by atoms with van der Waals surface area (Å²) in [5.41, 5.74) is 2.17. The smallest absolute Gasteiger partial charge is 0.236 e. The third-order valence-corrected chi connectivity index (χ3v) is 5.57. The number of rotatable bonds is 6. The second-order valence-electron chi connectivity index (χ2n) is 5.37. The predicted octanol–water partition coefficient (Wildman–Crippen LogP) is 2.94. The highest BCUT2D eigenvalue weighted by Gasteiger charge is 2.15. The van der Waals surface area contributed by atoms with Crippen LogP contribution in [0, 0.1) is 6.92 Å². The van der Waals surface area contributed by atoms with E-state index < -0.39 is 0 Å². The van der Waals surface area contributed by atoms with E-state index in [2.05, 4.69) is 25.7 Å². The molecule has 0 atom stereocenters. The van der Waals surface area contributed by atoms with Gasteiger partial charge in [0.2, 0.25) is 11.0 Å². The Hall–Kier alpha value is -2.26. The van der Waals surface area contributed by atoms with Crippen molar-refractivity contribution in [3.8, 4) is 11.4 Å². The van der Waals surface area contributed by atoms with Crippen LogP contribution in [0.1, 0.15) is 17.5 Å². The summed E-state index contributed by atoms with van der Waals surface area (Å²) in [4.78, 5) is 12.1. The molecule has 2 aromatic heterocycles. The summed E-state index contributed by atoms with van der Waals surface area (Å²) in [5.74, 6) is 0.891. The number of hydrogen-bond acceptors (Lipinski definition) is 7. The first-order valence-electron chi connectivity index (χ1n) is 7.79. The summed E-state index contributed by atoms with van der Waals surface area (Å²) in [7, 11) is 1.90. The van der Waals surface area contributed by atoms with Crippen molar-refractivity contribution in [2.45, 2.75) is 25.4 Å². The van der Waals surface area contributed by atoms with Gasteiger partial charge in [-0.25, -0.2) is 0 Å². The lowest BCUT2D eigenvalue weighted by atomic mass is 10.1. The summed E-state index contributed by atoms with van der Waals surface area (Å²) >= 11 is 2.73. The zero-order chi connectivity index (χ0) is 17.8. The van der Waals surface area contributed by atoms with Gasteiger partial charge in [0.1, 0.15) is 5.01 Å². The number of nitrogens with one attached hydrogen (secondary N) is 1. The van der Waals surface area contributed by atoms with Crippen LogP contribution >= 0.6 is 23.1 Å². The van der Waals surface area contributed by atoms with Crippen molar-refractivity contribution < 1.29 is 4.79 Å². The zero-order valence-corrected chi connectivity index (χ0v) is 15.8. The predicted molar refractivity (Wildman–Crippen MR) is 99.8 cm³/mol. The van der Waals surface area contributed by atoms with E-state index in [0.29, 0.717) is 10.3 Å². The summed E-state index contributed by atoms with van der Waals surface area (Å²) in [6, 6.07) is 8.02. The van der Waals surface area contributed by atoms with E-state index >= 15 is 0 Å². The Labute approximate surface area is 153 Å². The summed E-state index contributed by atoms with van der Waals surface area (Å²) in [6.45, 7) is 4.04. The minimum atomic E-state index is -0.135. The van der Waals surface area contributed by atoms with E-state index in [9.17, 15) is 4.79 Å². The van der Waals surface area contributed by atoms with Crippen LogP contribution in [0.15, 0.2) is 29.4 Å². The number of benzene rings is 1. The topological polar surface area (TPSA) is 85.6 Å². The second kappa shape index (κ2) is 7.75. The molecular formula is C16H18N6OS2. The molecule has 1 amide bonds. The van der Waals surface area contributed by atoms with Crippen LogP contribution in [0.2, 0.25) is 0 Å². The summed E-state index contributed by atoms with van der Waals surface area (Å²) in [6.07, 6.45) is 0.808. The largest absolute Gasteiger partial charge is 0.305 e. The van der Waals surface area contributed by atoms with Crippen LogP contribution in [0.3, 0.4) is 0 Å². The number of nitrogens with zero attached hydrogens (tertiary/aromatic N) is 5. The van der Waals surface area contributed by atoms with Gasteiger partial charge in [0.25, 0.3) is 0 Å². The molecule has 0 spiro atoms. The number of amides is 1. The number of carbonyl (C=O) groups is 1. The standard InChI is InChI=1S/C16H18N6OS2/c1-4-13-18-20-15(25-13)17-12(23)9-24-16-21-19-14(22(16)3)11-8-6-5-7-10(11)2/h5-8H,4,9H2,1-3H3,(H,17,20,23). The van der Waals surface area contributed by atoms with Crippen molar-refractivity contribution >= 4 is 34.1 Å². The van der Waals surface area contributed by atoms with Gasteiger partial charge in [0.05, 0.1) is 5.75 Å². The van der Waals surface area contributed by atoms with E-state index in [1.165, 1.54) is 23.1 Å². The normalized spacial score (nSPS) is 10.8. The molecule has 9 heteroatoms. The third-order valence-electron chi connectivity index (χ3n) is 3.57. The van der Waals surface area contributed by atoms with Gasteiger partial charge in [0.15, 0.2) is 11.0 Å². The lowest BCUT2D eigenvalue weighted by Gasteiger charge is -2.06. The maximum Gasteiger partial charge on any atom is 0.236 e. The van der Waals surface area contributed by atoms with Crippen LogP contribution in [0.25, 0.3) is 11.4 Å². The van der Waals surface area contributed by atoms with E-state index in [-0.39, 0.29) is 11.7 Å². The molecule has 0 saturated heterocycles. The Balaban J connectivity index is 1.64. The Morgan fingerprint density at radius 3 is 2.76 bits per heavy atom. The molecule has 0 unspecified atom stereocenters. The third kappa shape index (κ3) is 4.05. The highest BCUT2D eigenvalue weighted by atomic mass is 32.2. The molecule has 0 radical (unpaired) electrons. The van der Waals surface area contributed by atoms with Crippen molar-refractivity contribution in [3.05, 3.63) is 34.8 Å². The van der Waals surface area contributed by atoms with Crippen LogP contribution in [-0.4, -0.2) is 36.6 Å². The van der Waals surface area contributed by atoms with Crippen LogP contribution in [0.4, 0.5) is 5.13 Å². The molecule has 0 saturated carbocycles. The first-order chi connectivity index (χ1) is 12.1. The first kappa shape index (κ1) is 17.6. The molecule has 0 bridgehead atoms. The van der Waals surface area contributed by atoms with Gasteiger partial charge in [0, 0.05) is 12.6 Å². The minimum Gasteiger partial charge on any atom is -0.305 e. The fourth-order valence-corrected chi connectivity index (χ4v) is 3.64. The average molecular weight is 374 g/mol. The van der Waals surface area contributed by atoms with Crippen LogP contribution in [-0.2, 0) is 18.3 Å². The van der Waals surface area contributed by atoms with Crippen LogP contribution < -0.4 is 5.32 Å². The zero-order valence-electron chi connectivity index (χ0n) is 14.2. The number of aromatic nitrogens is 5. The van der Waals surface area contributed by atoms with Crippen molar-refractivity contribution in [1.82, 2.24) is 25.0 Å². The summed E-state index contributed by atoms with van der Waals surface area (Å²) < 4.78 is 1.90. The molecule has 1 aromatic carbocycles. The van der Waals surface area contributed by atoms with Gasteiger partial charge < -0.3 is 4.57 Å². The van der Waals surface area contributed by atoms with Gasteiger partial charge >= 0.3 is 0 Å². The highest BCUT2D eigenvalue weighted by molar-refractivity contribution is 7.99. The Bertz CT molecular complexity index is 888. The van der Waals surface area contributed by atoms with Gasteiger partial charge in [-0.1, -0.05) is 54.3 Å². The number of aryl methyl sites for hydroxylation is 2. The number of hydrogen-bond donors (Lipinski definition) is 1. The van der Waals surface area contributed by atoms with Crippen molar-refractivity contribution in [3.63, 3.8) is 0 Å². The SMILES string of the molecule is CCc1nnc(NC(=O)CSc2nnc(-c3ccccc3C)n2C)s1. The van der Waals surface area contributed by atoms with E-state index in [0.717, 1.165) is 28.4 Å². The lowest BCUT2D eigenvalue weighted by Crippen LogP contribution is -2.14. The maximum absolute atomic E-state index is 12.1. The fourth-order valence-electron chi connectivity index (χ4n) is 2.23. The lowest BCUT2D eigenvalue weighted by molar-refractivity contribution is -0.113. The van der Waals surface area contributed by atoms with Crippen molar-refractivity contribution in [1.29, 1.82) is 0 Å². The van der Waals surface area contributed by atoms with Gasteiger partial charge in [-0.2, -0.15) is 0 Å². The van der Waals surface area contributed by atoms with E-state index in [4.69, 9.17) is 0 Å². The highest BCUT2D eigenvalue weighted by Crippen LogP contribution is 2.25. The average Bonchev–Trinajstić information content (AvgIpc) is 3.20. The van der Waals surface area contributed by atoms with Crippen molar-refractivity contribution in [2.24, 2.45) is 7.05 Å². The quantitative estimate of drug-likeness (QED) is 0.668. The molecule has 0 aliphatic rings. The van der Waals surface area contributed by atoms with Gasteiger partial charge in [-0.05, 0) is 18.9 Å². The molecule has 3 aromatic rings. The minimum absolute atomic E-state index is 0.135. The molecule has 130 valence electrons. The van der Waals surface area contributed by atoms with Crippen molar-refractivity contribution in [2.75, 3.05) is 11.1 Å². The molecule has 2 heterocycles. The maximum atomic E-state index is 12.1. The van der Waals surface area contributed by atoms with E-state index in [1.54, 1.807) is 0 Å². The van der Waals surface area contributed by atoms with E-state index in [1.807, 2.05) is 49.7 Å². The molecule has 3 rings (SSSR count). The molecular weight excluding hydrogens is 356 g/mol. The fraction of sp³-hybridized carbons (Fsp3) is 0.312. The van der Waals surface area contributed by atoms with Gasteiger partial charge in [-0.15, -0.1) is 20.4 Å². The Morgan fingerprint density at radius 2 is 2.04 bits per heavy atom. The molecule has 1 N–H and O–H groups in total. The molecule has 25 heavy (non-hydrogen) atoms. The second-order valence-corrected chi connectivity index (χ2v) is 7.38. The molecule has 0 aliphatic heterocycles. The number of thioether (sulfide) groups is 1. The van der Waals surface area contributed by atoms with Crippen LogP contribution in [0.5, 0.6) is 0 Å².